The van der Waals surface area contributed by atoms with Gasteiger partial charge >= 0.3 is 0 Å². The van der Waals surface area contributed by atoms with Gasteiger partial charge in [0.05, 0.1) is 11.4 Å². The summed E-state index contributed by atoms with van der Waals surface area (Å²) < 4.78 is 0. The zero-order chi connectivity index (χ0) is 42.3. The van der Waals surface area contributed by atoms with E-state index in [4.69, 9.17) is 24.9 Å². The van der Waals surface area contributed by atoms with Crippen molar-refractivity contribution >= 4 is 18.4 Å². The summed E-state index contributed by atoms with van der Waals surface area (Å²) in [6.45, 7) is 4.86. The minimum absolute atomic E-state index is 0.634. The first-order valence-electron chi connectivity index (χ1n) is 21.3. The van der Waals surface area contributed by atoms with E-state index in [0.29, 0.717) is 17.5 Å². The van der Waals surface area contributed by atoms with Crippen LogP contribution in [-0.2, 0) is 0 Å². The van der Waals surface area contributed by atoms with Crippen LogP contribution in [0.5, 0.6) is 0 Å². The predicted octanol–water partition coefficient (Wildman–Crippen LogP) is 12.8. The van der Waals surface area contributed by atoms with Crippen LogP contribution < -0.4 is 10.4 Å². The monoisotopic (exact) mass is 823 g/mol. The van der Waals surface area contributed by atoms with Gasteiger partial charge in [-0.3, -0.25) is 0 Å². The Labute approximate surface area is 368 Å². The quantitative estimate of drug-likeness (QED) is 0.143. The van der Waals surface area contributed by atoms with Gasteiger partial charge in [-0.25, -0.2) is 24.9 Å². The second-order valence-electron chi connectivity index (χ2n) is 16.5. The van der Waals surface area contributed by atoms with E-state index >= 15 is 0 Å². The van der Waals surface area contributed by atoms with Gasteiger partial charge in [0.15, 0.2) is 23.3 Å². The number of fused-ring (bicyclic) bond motifs is 3. The van der Waals surface area contributed by atoms with E-state index in [2.05, 4.69) is 159 Å². The zero-order valence-corrected chi connectivity index (χ0v) is 35.9. The molecular weight excluding hydrogens is 783 g/mol. The summed E-state index contributed by atoms with van der Waals surface area (Å²) in [5.74, 6) is 2.68. The van der Waals surface area contributed by atoms with Gasteiger partial charge in [-0.2, -0.15) is 0 Å². The Kier molecular flexibility index (Phi) is 9.55. The fourth-order valence-corrected chi connectivity index (χ4v) is 12.2. The van der Waals surface area contributed by atoms with Crippen LogP contribution in [0.1, 0.15) is 0 Å². The Morgan fingerprint density at radius 2 is 0.587 bits per heavy atom. The minimum atomic E-state index is -2.11. The third kappa shape index (κ3) is 7.16. The number of benzene rings is 8. The third-order valence-corrected chi connectivity index (χ3v) is 15.6. The maximum absolute atomic E-state index is 5.38. The van der Waals surface area contributed by atoms with Crippen molar-refractivity contribution in [2.24, 2.45) is 0 Å². The molecule has 5 nitrogen and oxygen atoms in total. The fourth-order valence-electron chi connectivity index (χ4n) is 8.92. The Bertz CT molecular complexity index is 3260. The molecule has 10 aromatic rings. The van der Waals surface area contributed by atoms with E-state index in [1.54, 1.807) is 0 Å². The molecule has 0 amide bonds. The van der Waals surface area contributed by atoms with E-state index < -0.39 is 8.07 Å². The molecule has 63 heavy (non-hydrogen) atoms. The summed E-state index contributed by atoms with van der Waals surface area (Å²) in [4.78, 5) is 25.5. The fraction of sp³-hybridized carbons (Fsp3) is 0.0351. The van der Waals surface area contributed by atoms with E-state index in [0.717, 1.165) is 78.4 Å². The average Bonchev–Trinajstić information content (AvgIpc) is 3.60. The molecule has 6 heteroatoms. The van der Waals surface area contributed by atoms with E-state index in [9.17, 15) is 0 Å². The van der Waals surface area contributed by atoms with E-state index in [1.165, 1.54) is 15.9 Å². The predicted molar refractivity (Wildman–Crippen MR) is 261 cm³/mol. The molecule has 0 radical (unpaired) electrons. The molecule has 0 saturated carbocycles. The van der Waals surface area contributed by atoms with Crippen molar-refractivity contribution in [3.63, 3.8) is 0 Å². The Morgan fingerprint density at radius 3 is 1.06 bits per heavy atom. The van der Waals surface area contributed by atoms with Crippen molar-refractivity contribution in [2.75, 3.05) is 0 Å². The van der Waals surface area contributed by atoms with Gasteiger partial charge in [-0.15, -0.1) is 0 Å². The minimum Gasteiger partial charge on any atom is -0.228 e. The molecule has 0 fully saturated rings. The first-order chi connectivity index (χ1) is 31.0. The summed E-state index contributed by atoms with van der Waals surface area (Å²) in [5, 5.41) is 2.72. The standard InChI is InChI=1S/C57H41N5Si/c1-63(2)50-33-13-12-32-49(50)52-53(63)51(58-54(59-52)38-18-6-3-7-19-38)47-30-16-28-45(36-47)43-26-14-24-41(34-43)42-25-15-27-44(35-42)46-29-17-31-48(37-46)57-61-55(39-20-8-4-9-21-39)60-56(62-57)40-22-10-5-11-23-40/h3-37H,1-2H3. The number of hydrogen-bond acceptors (Lipinski definition) is 5. The normalized spacial score (nSPS) is 12.4. The lowest BCUT2D eigenvalue weighted by atomic mass is 9.95. The SMILES string of the molecule is C[Si]1(C)c2ccccc2-c2nc(-c3ccccc3)nc(-c3cccc(-c4cccc(-c5cccc(-c6cccc(-c7nc(-c8ccccc8)nc(-c8ccccc8)n7)c6)c5)c4)c3)c21. The molecule has 1 aliphatic rings. The molecule has 3 heterocycles. The largest absolute Gasteiger partial charge is 0.228 e. The Hall–Kier alpha value is -7.93. The maximum Gasteiger partial charge on any atom is 0.164 e. The number of aromatic nitrogens is 5. The first kappa shape index (κ1) is 38.0. The van der Waals surface area contributed by atoms with Gasteiger partial charge in [-0.1, -0.05) is 201 Å². The molecule has 0 saturated heterocycles. The van der Waals surface area contributed by atoms with Gasteiger partial charge < -0.3 is 0 Å². The van der Waals surface area contributed by atoms with Crippen molar-refractivity contribution in [3.05, 3.63) is 212 Å². The molecule has 8 aromatic carbocycles. The first-order valence-corrected chi connectivity index (χ1v) is 24.3. The average molecular weight is 824 g/mol. The molecule has 2 aromatic heterocycles. The van der Waals surface area contributed by atoms with Crippen LogP contribution >= 0.6 is 0 Å². The van der Waals surface area contributed by atoms with Crippen molar-refractivity contribution in [1.29, 1.82) is 0 Å². The summed E-state index contributed by atoms with van der Waals surface area (Å²) in [6, 6.07) is 74.3. The second kappa shape index (κ2) is 15.8. The summed E-state index contributed by atoms with van der Waals surface area (Å²) in [6.07, 6.45) is 0. The summed E-state index contributed by atoms with van der Waals surface area (Å²) >= 11 is 0. The zero-order valence-electron chi connectivity index (χ0n) is 34.9. The highest BCUT2D eigenvalue weighted by Crippen LogP contribution is 2.36. The number of hydrogen-bond donors (Lipinski definition) is 0. The van der Waals surface area contributed by atoms with Gasteiger partial charge in [-0.05, 0) is 73.6 Å². The lowest BCUT2D eigenvalue weighted by Crippen LogP contribution is -2.50. The van der Waals surface area contributed by atoms with Crippen molar-refractivity contribution in [2.45, 2.75) is 13.1 Å². The van der Waals surface area contributed by atoms with Crippen LogP contribution in [0.15, 0.2) is 212 Å². The van der Waals surface area contributed by atoms with Gasteiger partial charge in [0.25, 0.3) is 0 Å². The van der Waals surface area contributed by atoms with Crippen LogP contribution in [0.3, 0.4) is 0 Å². The highest BCUT2D eigenvalue weighted by molar-refractivity contribution is 7.04. The van der Waals surface area contributed by atoms with Crippen LogP contribution in [0.4, 0.5) is 0 Å². The van der Waals surface area contributed by atoms with E-state index in [1.807, 2.05) is 66.7 Å². The van der Waals surface area contributed by atoms with Crippen molar-refractivity contribution < 1.29 is 0 Å². The smallest absolute Gasteiger partial charge is 0.164 e. The number of nitrogens with zero attached hydrogens (tertiary/aromatic N) is 5. The molecule has 0 aliphatic carbocycles. The van der Waals surface area contributed by atoms with Gasteiger partial charge in [0.1, 0.15) is 8.07 Å². The lowest BCUT2D eigenvalue weighted by Gasteiger charge is -2.22. The summed E-state index contributed by atoms with van der Waals surface area (Å²) in [7, 11) is -2.11. The Morgan fingerprint density at radius 1 is 0.270 bits per heavy atom. The van der Waals surface area contributed by atoms with Gasteiger partial charge in [0, 0.05) is 27.8 Å². The van der Waals surface area contributed by atoms with Crippen LogP contribution in [0, 0.1) is 0 Å². The maximum atomic E-state index is 5.38. The van der Waals surface area contributed by atoms with Gasteiger partial charge in [0.2, 0.25) is 0 Å². The molecule has 0 N–H and O–H groups in total. The molecule has 0 spiro atoms. The van der Waals surface area contributed by atoms with Crippen molar-refractivity contribution in [1.82, 2.24) is 24.9 Å². The molecule has 1 aliphatic heterocycles. The number of rotatable bonds is 8. The summed E-state index contributed by atoms with van der Waals surface area (Å²) in [5.41, 5.74) is 15.1. The highest BCUT2D eigenvalue weighted by Gasteiger charge is 2.41. The Balaban J connectivity index is 0.945. The molecule has 11 rings (SSSR count). The lowest BCUT2D eigenvalue weighted by molar-refractivity contribution is 1.07. The van der Waals surface area contributed by atoms with Crippen LogP contribution in [0.2, 0.25) is 13.1 Å². The van der Waals surface area contributed by atoms with E-state index in [-0.39, 0.29) is 0 Å². The highest BCUT2D eigenvalue weighted by atomic mass is 28.3. The van der Waals surface area contributed by atoms with Crippen LogP contribution in [0.25, 0.3) is 101 Å². The van der Waals surface area contributed by atoms with Crippen molar-refractivity contribution in [3.8, 4) is 101 Å². The molecule has 0 unspecified atom stereocenters. The molecule has 0 atom stereocenters. The van der Waals surface area contributed by atoms with Crippen LogP contribution in [-0.4, -0.2) is 33.0 Å². The third-order valence-electron chi connectivity index (χ3n) is 12.1. The molecule has 0 bridgehead atoms. The topological polar surface area (TPSA) is 64.5 Å². The molecular formula is C57H41N5Si. The second-order valence-corrected chi connectivity index (χ2v) is 20.8. The molecule has 298 valence electrons.